The van der Waals surface area contributed by atoms with Gasteiger partial charge in [-0.1, -0.05) is 0 Å². The third-order valence-corrected chi connectivity index (χ3v) is 4.97. The van der Waals surface area contributed by atoms with Crippen LogP contribution in [0.4, 0.5) is 0 Å². The number of ketones is 1. The van der Waals surface area contributed by atoms with Crippen molar-refractivity contribution in [3.8, 4) is 0 Å². The fraction of sp³-hybridized carbons (Fsp3) is 0.333. The number of hydrogen-bond acceptors (Lipinski definition) is 4. The summed E-state index contributed by atoms with van der Waals surface area (Å²) in [4.78, 5) is 14.6. The SMILES string of the molecule is CN(C)CCn1ncc(Br)c1C(=O)c1csc(I)c1. The first kappa shape index (κ1) is 15.1. The fourth-order valence-electron chi connectivity index (χ4n) is 1.62. The van der Waals surface area contributed by atoms with Crippen LogP contribution in [0.1, 0.15) is 16.1 Å². The van der Waals surface area contributed by atoms with Gasteiger partial charge in [0.25, 0.3) is 0 Å². The van der Waals surface area contributed by atoms with Crippen molar-refractivity contribution in [2.75, 3.05) is 20.6 Å². The number of carbonyl (C=O) groups excluding carboxylic acids is 1. The van der Waals surface area contributed by atoms with Crippen molar-refractivity contribution in [1.82, 2.24) is 14.7 Å². The maximum atomic E-state index is 12.5. The fourth-order valence-corrected chi connectivity index (χ4v) is 3.42. The number of hydrogen-bond donors (Lipinski definition) is 0. The van der Waals surface area contributed by atoms with E-state index in [1.54, 1.807) is 22.2 Å². The lowest BCUT2D eigenvalue weighted by Crippen LogP contribution is -2.21. The highest BCUT2D eigenvalue weighted by Crippen LogP contribution is 2.23. The molecule has 0 saturated carbocycles. The minimum absolute atomic E-state index is 0.0160. The van der Waals surface area contributed by atoms with Gasteiger partial charge in [-0.15, -0.1) is 11.3 Å². The second-order valence-electron chi connectivity index (χ2n) is 4.34. The zero-order chi connectivity index (χ0) is 14.0. The minimum Gasteiger partial charge on any atom is -0.308 e. The van der Waals surface area contributed by atoms with Crippen molar-refractivity contribution in [3.63, 3.8) is 0 Å². The highest BCUT2D eigenvalue weighted by molar-refractivity contribution is 14.1. The van der Waals surface area contributed by atoms with Crippen LogP contribution in [0.3, 0.4) is 0 Å². The zero-order valence-electron chi connectivity index (χ0n) is 10.6. The zero-order valence-corrected chi connectivity index (χ0v) is 15.1. The van der Waals surface area contributed by atoms with Gasteiger partial charge in [0.05, 0.1) is 20.1 Å². The highest BCUT2D eigenvalue weighted by atomic mass is 127. The lowest BCUT2D eigenvalue weighted by molar-refractivity contribution is 0.102. The third-order valence-electron chi connectivity index (χ3n) is 2.60. The summed E-state index contributed by atoms with van der Waals surface area (Å²) in [6.45, 7) is 1.54. The molecule has 0 aliphatic rings. The molecule has 0 radical (unpaired) electrons. The molecule has 0 bridgehead atoms. The Hall–Kier alpha value is -0.250. The summed E-state index contributed by atoms with van der Waals surface area (Å²) in [5, 5.41) is 6.15. The van der Waals surface area contributed by atoms with Gasteiger partial charge < -0.3 is 4.90 Å². The van der Waals surface area contributed by atoms with E-state index in [-0.39, 0.29) is 5.78 Å². The predicted molar refractivity (Wildman–Crippen MR) is 88.9 cm³/mol. The van der Waals surface area contributed by atoms with Gasteiger partial charge in [-0.05, 0) is 58.7 Å². The number of rotatable bonds is 5. The van der Waals surface area contributed by atoms with E-state index < -0.39 is 0 Å². The van der Waals surface area contributed by atoms with Crippen molar-refractivity contribution in [2.24, 2.45) is 0 Å². The van der Waals surface area contributed by atoms with Crippen molar-refractivity contribution in [2.45, 2.75) is 6.54 Å². The van der Waals surface area contributed by atoms with E-state index in [0.29, 0.717) is 12.2 Å². The molecular weight excluding hydrogens is 441 g/mol. The van der Waals surface area contributed by atoms with E-state index in [1.165, 1.54) is 0 Å². The molecule has 19 heavy (non-hydrogen) atoms. The summed E-state index contributed by atoms with van der Waals surface area (Å²) in [5.74, 6) is 0.0160. The third kappa shape index (κ3) is 3.65. The average molecular weight is 454 g/mol. The highest BCUT2D eigenvalue weighted by Gasteiger charge is 2.19. The smallest absolute Gasteiger partial charge is 0.213 e. The van der Waals surface area contributed by atoms with Crippen LogP contribution < -0.4 is 0 Å². The molecule has 0 amide bonds. The van der Waals surface area contributed by atoms with Crippen LogP contribution in [0.2, 0.25) is 0 Å². The van der Waals surface area contributed by atoms with Gasteiger partial charge in [0.2, 0.25) is 5.78 Å². The first-order chi connectivity index (χ1) is 8.99. The Bertz CT molecular complexity index is 594. The van der Waals surface area contributed by atoms with Crippen LogP contribution in [0.25, 0.3) is 0 Å². The van der Waals surface area contributed by atoms with Gasteiger partial charge in [-0.2, -0.15) is 5.10 Å². The summed E-state index contributed by atoms with van der Waals surface area (Å²) < 4.78 is 3.62. The molecule has 2 rings (SSSR count). The van der Waals surface area contributed by atoms with Crippen LogP contribution in [-0.4, -0.2) is 41.1 Å². The molecule has 0 fully saturated rings. The van der Waals surface area contributed by atoms with Crippen LogP contribution in [0, 0.1) is 2.88 Å². The Balaban J connectivity index is 2.28. The van der Waals surface area contributed by atoms with Crippen LogP contribution >= 0.6 is 49.9 Å². The Morgan fingerprint density at radius 3 is 2.89 bits per heavy atom. The standard InChI is InChI=1S/C12H13BrIN3OS/c1-16(2)3-4-17-11(9(13)6-15-17)12(18)8-5-10(14)19-7-8/h5-7H,3-4H2,1-2H3. The maximum Gasteiger partial charge on any atom is 0.213 e. The minimum atomic E-state index is 0.0160. The van der Waals surface area contributed by atoms with E-state index in [9.17, 15) is 4.79 Å². The molecule has 0 N–H and O–H groups in total. The van der Waals surface area contributed by atoms with Gasteiger partial charge in [0, 0.05) is 17.5 Å². The first-order valence-corrected chi connectivity index (χ1v) is 8.39. The molecule has 4 nitrogen and oxygen atoms in total. The molecule has 2 aromatic rings. The molecule has 0 aromatic carbocycles. The number of halogens is 2. The lowest BCUT2D eigenvalue weighted by atomic mass is 10.1. The summed E-state index contributed by atoms with van der Waals surface area (Å²) >= 11 is 7.21. The number of aromatic nitrogens is 2. The summed E-state index contributed by atoms with van der Waals surface area (Å²) in [6.07, 6.45) is 1.68. The molecule has 102 valence electrons. The Kier molecular flexibility index (Phi) is 5.15. The Morgan fingerprint density at radius 2 is 2.32 bits per heavy atom. The predicted octanol–water partition coefficient (Wildman–Crippen LogP) is 3.10. The molecule has 0 aliphatic heterocycles. The normalized spacial score (nSPS) is 11.2. The molecular formula is C12H13BrIN3OS. The number of nitrogens with zero attached hydrogens (tertiary/aromatic N) is 3. The number of thiophene rings is 1. The van der Waals surface area contributed by atoms with E-state index >= 15 is 0 Å². The monoisotopic (exact) mass is 453 g/mol. The summed E-state index contributed by atoms with van der Waals surface area (Å²) in [5.41, 5.74) is 1.35. The lowest BCUT2D eigenvalue weighted by Gasteiger charge is -2.11. The van der Waals surface area contributed by atoms with Gasteiger partial charge >= 0.3 is 0 Å². The summed E-state index contributed by atoms with van der Waals surface area (Å²) in [6, 6.07) is 1.91. The van der Waals surface area contributed by atoms with Crippen molar-refractivity contribution in [3.05, 3.63) is 36.3 Å². The summed E-state index contributed by atoms with van der Waals surface area (Å²) in [7, 11) is 4.00. The van der Waals surface area contributed by atoms with Gasteiger partial charge in [0.1, 0.15) is 5.69 Å². The van der Waals surface area contributed by atoms with E-state index in [4.69, 9.17) is 0 Å². The quantitative estimate of drug-likeness (QED) is 0.515. The Labute approximate surface area is 138 Å². The molecule has 2 heterocycles. The molecule has 7 heteroatoms. The van der Waals surface area contributed by atoms with Crippen molar-refractivity contribution >= 4 is 55.6 Å². The molecule has 0 atom stereocenters. The second-order valence-corrected chi connectivity index (χ2v) is 8.00. The molecule has 0 spiro atoms. The molecule has 2 aromatic heterocycles. The number of likely N-dealkylation sites (N-methyl/N-ethyl adjacent to an activating group) is 1. The Morgan fingerprint density at radius 1 is 1.58 bits per heavy atom. The van der Waals surface area contributed by atoms with Crippen molar-refractivity contribution < 1.29 is 4.79 Å². The average Bonchev–Trinajstić information content (AvgIpc) is 2.92. The van der Waals surface area contributed by atoms with Crippen LogP contribution in [0.5, 0.6) is 0 Å². The van der Waals surface area contributed by atoms with Crippen LogP contribution in [-0.2, 0) is 6.54 Å². The van der Waals surface area contributed by atoms with Gasteiger partial charge in [0.15, 0.2) is 0 Å². The second kappa shape index (κ2) is 6.47. The topological polar surface area (TPSA) is 38.1 Å². The molecule has 0 aliphatic carbocycles. The van der Waals surface area contributed by atoms with E-state index in [1.807, 2.05) is 25.5 Å². The largest absolute Gasteiger partial charge is 0.308 e. The number of carbonyl (C=O) groups is 1. The van der Waals surface area contributed by atoms with Crippen LogP contribution in [0.15, 0.2) is 22.1 Å². The maximum absolute atomic E-state index is 12.5. The van der Waals surface area contributed by atoms with E-state index in [2.05, 4.69) is 48.5 Å². The van der Waals surface area contributed by atoms with E-state index in [0.717, 1.165) is 19.5 Å². The molecule has 0 unspecified atom stereocenters. The van der Waals surface area contributed by atoms with Gasteiger partial charge in [-0.25, -0.2) is 0 Å². The molecule has 0 saturated heterocycles. The van der Waals surface area contributed by atoms with Crippen molar-refractivity contribution in [1.29, 1.82) is 0 Å². The first-order valence-electron chi connectivity index (χ1n) is 5.64. The van der Waals surface area contributed by atoms with Gasteiger partial charge in [-0.3, -0.25) is 9.48 Å².